The molecule has 0 aromatic carbocycles. The summed E-state index contributed by atoms with van der Waals surface area (Å²) in [5.74, 6) is -3.71. The molecule has 5 N–H and O–H groups in total. The molecule has 0 bridgehead atoms. The van der Waals surface area contributed by atoms with Gasteiger partial charge in [-0.05, 0) is 12.5 Å². The van der Waals surface area contributed by atoms with Crippen molar-refractivity contribution >= 4 is 17.8 Å². The number of halogens is 3. The van der Waals surface area contributed by atoms with Gasteiger partial charge in [-0.25, -0.2) is 4.79 Å². The molecule has 1 aliphatic rings. The topological polar surface area (TPSA) is 160 Å². The molecule has 1 aliphatic heterocycles. The van der Waals surface area contributed by atoms with E-state index in [1.54, 1.807) is 12.3 Å². The van der Waals surface area contributed by atoms with Crippen molar-refractivity contribution in [3.63, 3.8) is 0 Å². The first-order valence-electron chi connectivity index (χ1n) is 11.2. The van der Waals surface area contributed by atoms with Crippen LogP contribution in [-0.4, -0.2) is 64.3 Å². The third-order valence-corrected chi connectivity index (χ3v) is 5.12. The van der Waals surface area contributed by atoms with Crippen molar-refractivity contribution in [2.45, 2.75) is 82.6 Å². The van der Waals surface area contributed by atoms with Crippen molar-refractivity contribution in [3.05, 3.63) is 30.1 Å². The Morgan fingerprint density at radius 3 is 2.29 bits per heavy atom. The highest BCUT2D eigenvalue weighted by atomic mass is 19.4. The molecule has 0 aliphatic carbocycles. The summed E-state index contributed by atoms with van der Waals surface area (Å²) in [7, 11) is 0. The Labute approximate surface area is 200 Å². The van der Waals surface area contributed by atoms with Crippen molar-refractivity contribution in [1.29, 1.82) is 0 Å². The van der Waals surface area contributed by atoms with Crippen molar-refractivity contribution in [1.82, 2.24) is 0 Å². The maximum absolute atomic E-state index is 11.9. The molecule has 2 heterocycles. The molecule has 0 saturated carbocycles. The van der Waals surface area contributed by atoms with E-state index in [1.165, 1.54) is 36.1 Å². The number of nitrogens with two attached hydrogens (primary N) is 1. The van der Waals surface area contributed by atoms with Crippen molar-refractivity contribution in [3.8, 4) is 0 Å². The average molecular weight is 509 g/mol. The summed E-state index contributed by atoms with van der Waals surface area (Å²) in [6, 6.07) is 3.13. The number of aliphatic carboxylic acids is 1. The van der Waals surface area contributed by atoms with Gasteiger partial charge in [0.05, 0.1) is 0 Å². The zero-order valence-electron chi connectivity index (χ0n) is 19.3. The zero-order chi connectivity index (χ0) is 26.6. The van der Waals surface area contributed by atoms with Gasteiger partial charge in [-0.3, -0.25) is 9.59 Å². The van der Waals surface area contributed by atoms with Gasteiger partial charge in [0.1, 0.15) is 24.4 Å². The Bertz CT molecular complexity index is 837. The summed E-state index contributed by atoms with van der Waals surface area (Å²) in [4.78, 5) is 32.1. The number of carbonyl (C=O) groups is 3. The number of alkyl halides is 3. The van der Waals surface area contributed by atoms with Gasteiger partial charge in [0, 0.05) is 12.5 Å². The van der Waals surface area contributed by atoms with Crippen LogP contribution in [0.4, 0.5) is 13.2 Å². The van der Waals surface area contributed by atoms with Crippen LogP contribution in [0.5, 0.6) is 0 Å². The van der Waals surface area contributed by atoms with E-state index in [4.69, 9.17) is 25.1 Å². The number of carboxylic acid groups (broad SMARTS) is 1. The molecule has 1 fully saturated rings. The highest BCUT2D eigenvalue weighted by Crippen LogP contribution is 2.26. The third kappa shape index (κ3) is 10.6. The lowest BCUT2D eigenvalue weighted by Crippen LogP contribution is -2.46. The minimum atomic E-state index is -5.08. The number of pyridine rings is 1. The highest BCUT2D eigenvalue weighted by Gasteiger charge is 2.48. The fourth-order valence-corrected chi connectivity index (χ4v) is 3.21. The Kier molecular flexibility index (Phi) is 12.6. The number of aliphatic hydroxyl groups excluding tert-OH is 2. The second kappa shape index (κ2) is 14.6. The zero-order valence-corrected chi connectivity index (χ0v) is 19.3. The van der Waals surface area contributed by atoms with Crippen LogP contribution in [0.15, 0.2) is 24.5 Å². The molecular formula is C22H32F3N2O8+. The van der Waals surface area contributed by atoms with Gasteiger partial charge >= 0.3 is 18.1 Å². The SMILES string of the molecule is CCCCCCCCC(=O)OCC1O[C@@H]([n+]2cccc(C(N)=O)c2)[C@H](O)[C@@H]1O.O=C(O)C(F)(F)F. The van der Waals surface area contributed by atoms with Crippen LogP contribution in [0.2, 0.25) is 0 Å². The number of carboxylic acids is 1. The summed E-state index contributed by atoms with van der Waals surface area (Å²) in [6.45, 7) is 2.02. The highest BCUT2D eigenvalue weighted by molar-refractivity contribution is 5.92. The monoisotopic (exact) mass is 509 g/mol. The van der Waals surface area contributed by atoms with Crippen LogP contribution in [0.25, 0.3) is 0 Å². The number of esters is 1. The number of aliphatic hydroxyl groups is 2. The van der Waals surface area contributed by atoms with E-state index in [0.29, 0.717) is 6.42 Å². The Morgan fingerprint density at radius 1 is 1.11 bits per heavy atom. The third-order valence-electron chi connectivity index (χ3n) is 5.12. The molecule has 0 radical (unpaired) electrons. The number of primary amides is 1. The molecule has 10 nitrogen and oxygen atoms in total. The first kappa shape index (κ1) is 30.3. The number of hydrogen-bond donors (Lipinski definition) is 4. The number of amides is 1. The van der Waals surface area contributed by atoms with Crippen molar-refractivity contribution in [2.24, 2.45) is 5.73 Å². The van der Waals surface area contributed by atoms with E-state index in [2.05, 4.69) is 6.92 Å². The quantitative estimate of drug-likeness (QED) is 0.199. The number of rotatable bonds is 11. The number of nitrogens with zero attached hydrogens (tertiary/aromatic N) is 1. The predicted molar refractivity (Wildman–Crippen MR) is 114 cm³/mol. The van der Waals surface area contributed by atoms with Gasteiger partial charge in [0.15, 0.2) is 18.5 Å². The van der Waals surface area contributed by atoms with Crippen LogP contribution in [0, 0.1) is 0 Å². The van der Waals surface area contributed by atoms with E-state index >= 15 is 0 Å². The van der Waals surface area contributed by atoms with E-state index in [0.717, 1.165) is 19.3 Å². The van der Waals surface area contributed by atoms with Crippen LogP contribution >= 0.6 is 0 Å². The Balaban J connectivity index is 0.000000762. The summed E-state index contributed by atoms with van der Waals surface area (Å²) in [5.41, 5.74) is 5.51. The number of carbonyl (C=O) groups excluding carboxylic acids is 2. The fourth-order valence-electron chi connectivity index (χ4n) is 3.21. The molecular weight excluding hydrogens is 477 g/mol. The van der Waals surface area contributed by atoms with Crippen LogP contribution in [0.3, 0.4) is 0 Å². The maximum Gasteiger partial charge on any atom is 0.490 e. The lowest BCUT2D eigenvalue weighted by atomic mass is 10.1. The number of hydrogen-bond acceptors (Lipinski definition) is 7. The molecule has 1 saturated heterocycles. The van der Waals surface area contributed by atoms with Crippen LogP contribution < -0.4 is 10.3 Å². The maximum atomic E-state index is 11.9. The number of ether oxygens (including phenoxy) is 2. The molecule has 13 heteroatoms. The van der Waals surface area contributed by atoms with Gasteiger partial charge in [0.2, 0.25) is 0 Å². The van der Waals surface area contributed by atoms with E-state index in [-0.39, 0.29) is 18.1 Å². The Morgan fingerprint density at radius 2 is 1.71 bits per heavy atom. The molecule has 2 rings (SSSR count). The molecule has 4 atom stereocenters. The van der Waals surface area contributed by atoms with Gasteiger partial charge in [-0.1, -0.05) is 39.0 Å². The van der Waals surface area contributed by atoms with E-state index in [1.807, 2.05) is 0 Å². The summed E-state index contributed by atoms with van der Waals surface area (Å²) < 4.78 is 44.1. The van der Waals surface area contributed by atoms with Crippen molar-refractivity contribution < 1.29 is 56.9 Å². The first-order valence-corrected chi connectivity index (χ1v) is 11.2. The lowest BCUT2D eigenvalue weighted by molar-refractivity contribution is -0.765. The molecule has 198 valence electrons. The van der Waals surface area contributed by atoms with Gasteiger partial charge in [-0.15, -0.1) is 0 Å². The van der Waals surface area contributed by atoms with Gasteiger partial charge < -0.3 is 30.5 Å². The first-order chi connectivity index (χ1) is 16.4. The van der Waals surface area contributed by atoms with Gasteiger partial charge in [-0.2, -0.15) is 17.7 Å². The van der Waals surface area contributed by atoms with Crippen molar-refractivity contribution in [2.75, 3.05) is 6.61 Å². The van der Waals surface area contributed by atoms with Crippen LogP contribution in [0.1, 0.15) is 68.5 Å². The number of aromatic nitrogens is 1. The smallest absolute Gasteiger partial charge is 0.475 e. The second-order valence-electron chi connectivity index (χ2n) is 7.95. The average Bonchev–Trinajstić information content (AvgIpc) is 3.08. The minimum absolute atomic E-state index is 0.139. The predicted octanol–water partition coefficient (Wildman–Crippen LogP) is 1.62. The standard InChI is InChI=1S/C20H30N2O6.C2HF3O2/c1-2-3-4-5-6-7-10-16(23)27-13-15-17(24)18(25)20(28-15)22-11-8-9-14(12-22)19(21)26;3-2(4,5)1(6)7/h8-9,11-12,15,17-18,20,24-25H,2-7,10,13H2,1H3,(H-,21,26);(H,6,7)/p+1/t15?,17-,18-,20-;/m1./s1. The molecule has 1 amide bonds. The fraction of sp³-hybridized carbons (Fsp3) is 0.636. The summed E-state index contributed by atoms with van der Waals surface area (Å²) >= 11 is 0. The van der Waals surface area contributed by atoms with E-state index < -0.39 is 42.6 Å². The molecule has 0 spiro atoms. The summed E-state index contributed by atoms with van der Waals surface area (Å²) in [6.07, 6.45) is 0.550. The van der Waals surface area contributed by atoms with Gasteiger partial charge in [0.25, 0.3) is 12.1 Å². The lowest BCUT2D eigenvalue weighted by Gasteiger charge is -2.13. The molecule has 35 heavy (non-hydrogen) atoms. The number of unbranched alkanes of at least 4 members (excludes halogenated alkanes) is 5. The second-order valence-corrected chi connectivity index (χ2v) is 7.95. The molecule has 1 unspecified atom stereocenters. The Hall–Kier alpha value is -2.77. The van der Waals surface area contributed by atoms with E-state index in [9.17, 15) is 33.0 Å². The normalized spacial score (nSPS) is 21.7. The minimum Gasteiger partial charge on any atom is -0.475 e. The van der Waals surface area contributed by atoms with Crippen LogP contribution in [-0.2, 0) is 19.1 Å². The largest absolute Gasteiger partial charge is 0.490 e. The molecule has 1 aromatic heterocycles. The molecule has 1 aromatic rings. The summed E-state index contributed by atoms with van der Waals surface area (Å²) in [5, 5.41) is 27.6.